The molecule has 0 aromatic carbocycles. The molecule has 0 aliphatic heterocycles. The van der Waals surface area contributed by atoms with E-state index >= 15 is 0 Å². The number of carbonyl (C=O) groups excluding carboxylic acids is 3. The number of hydrogen-bond acceptors (Lipinski definition) is 11. The van der Waals surface area contributed by atoms with Gasteiger partial charge in [0, 0.05) is 25.8 Å². The number of phosphoric acid groups is 1. The molecule has 0 spiro atoms. The van der Waals surface area contributed by atoms with Crippen LogP contribution >= 0.6 is 7.82 Å². The fraction of sp³-hybridized carbons (Fsp3) is 0.940. The first-order valence-electron chi connectivity index (χ1n) is 25.2. The summed E-state index contributed by atoms with van der Waals surface area (Å²) in [6.07, 6.45) is 36.2. The molecule has 14 heteroatoms. The van der Waals surface area contributed by atoms with Crippen LogP contribution in [0, 0.1) is 0 Å². The highest BCUT2D eigenvalue weighted by atomic mass is 31.2. The summed E-state index contributed by atoms with van der Waals surface area (Å²) >= 11 is 0. The number of unbranched alkanes of at least 4 members (excludes halogenated alkanes) is 28. The topological polar surface area (TPSA) is 176 Å². The fourth-order valence-corrected chi connectivity index (χ4v) is 7.86. The third-order valence-corrected chi connectivity index (χ3v) is 11.9. The van der Waals surface area contributed by atoms with Gasteiger partial charge in [0.2, 0.25) is 5.91 Å². The molecule has 64 heavy (non-hydrogen) atoms. The molecule has 0 fully saturated rings. The van der Waals surface area contributed by atoms with Gasteiger partial charge in [0.25, 0.3) is 0 Å². The molecule has 0 aliphatic carbocycles. The molecular formula is C50H102NO12P. The van der Waals surface area contributed by atoms with E-state index in [1.54, 1.807) is 0 Å². The standard InChI is InChI=1S/C48H94NO12P.2CH4/c1-3-5-7-9-11-13-15-17-19-21-23-25-27-29-31-33-47(52)58-43-45(44-60-62(54,55)59-39-36-49-46(51)35-38-56-41-42-57-40-37-50)61-48(53)34-32-30-28-26-24-22-20-18-16-14-12-10-8-6-4-2;;/h45,50H,3-44H2,1-2H3,(H,49,51)(H,54,55);2*1H4. The van der Waals surface area contributed by atoms with E-state index in [4.69, 9.17) is 33.1 Å². The maximum Gasteiger partial charge on any atom is 0.472 e. The van der Waals surface area contributed by atoms with Crippen molar-refractivity contribution in [2.45, 2.75) is 247 Å². The Kier molecular flexibility index (Phi) is 54.6. The number of nitrogens with one attached hydrogen (secondary N) is 1. The second-order valence-electron chi connectivity index (χ2n) is 16.8. The van der Waals surface area contributed by atoms with Crippen LogP contribution in [0.15, 0.2) is 0 Å². The van der Waals surface area contributed by atoms with Crippen LogP contribution in [0.4, 0.5) is 0 Å². The van der Waals surface area contributed by atoms with Crippen molar-refractivity contribution < 1.29 is 56.9 Å². The molecule has 0 aromatic rings. The molecule has 0 radical (unpaired) electrons. The zero-order valence-electron chi connectivity index (χ0n) is 39.7. The lowest BCUT2D eigenvalue weighted by atomic mass is 10.0. The SMILES string of the molecule is C.C.CCCCCCCCCCCCCCCCCC(=O)OCC(COP(=O)(O)OCCNC(=O)CCOCCOCCO)OC(=O)CCCCCCCCCCCCCCCCC. The number of amides is 1. The van der Waals surface area contributed by atoms with Crippen LogP contribution in [-0.4, -0.2) is 93.3 Å². The summed E-state index contributed by atoms with van der Waals surface area (Å²) in [4.78, 5) is 47.6. The fourth-order valence-electron chi connectivity index (χ4n) is 7.11. The van der Waals surface area contributed by atoms with Crippen molar-refractivity contribution >= 4 is 25.7 Å². The minimum atomic E-state index is -4.58. The van der Waals surface area contributed by atoms with Crippen LogP contribution in [-0.2, 0) is 46.9 Å². The number of ether oxygens (including phenoxy) is 4. The van der Waals surface area contributed by atoms with Gasteiger partial charge in [0.15, 0.2) is 6.10 Å². The molecule has 384 valence electrons. The summed E-state index contributed by atoms with van der Waals surface area (Å²) < 4.78 is 44.1. The van der Waals surface area contributed by atoms with Gasteiger partial charge in [-0.15, -0.1) is 0 Å². The lowest BCUT2D eigenvalue weighted by Crippen LogP contribution is -2.30. The highest BCUT2D eigenvalue weighted by Gasteiger charge is 2.26. The summed E-state index contributed by atoms with van der Waals surface area (Å²) in [6.45, 7) is 4.28. The van der Waals surface area contributed by atoms with Gasteiger partial charge >= 0.3 is 19.8 Å². The number of phosphoric ester groups is 1. The average molecular weight is 940 g/mol. The van der Waals surface area contributed by atoms with E-state index in [1.807, 2.05) is 0 Å². The Morgan fingerprint density at radius 2 is 0.875 bits per heavy atom. The number of rotatable bonds is 50. The maximum atomic E-state index is 12.8. The van der Waals surface area contributed by atoms with Gasteiger partial charge in [-0.2, -0.15) is 0 Å². The first-order chi connectivity index (χ1) is 30.2. The minimum Gasteiger partial charge on any atom is -0.462 e. The summed E-state index contributed by atoms with van der Waals surface area (Å²) in [5.74, 6) is -1.22. The van der Waals surface area contributed by atoms with Crippen molar-refractivity contribution in [3.8, 4) is 0 Å². The van der Waals surface area contributed by atoms with Gasteiger partial charge < -0.3 is 34.3 Å². The van der Waals surface area contributed by atoms with Gasteiger partial charge in [-0.05, 0) is 12.8 Å². The van der Waals surface area contributed by atoms with Crippen LogP contribution in [0.2, 0.25) is 0 Å². The van der Waals surface area contributed by atoms with E-state index in [0.717, 1.165) is 38.5 Å². The Bertz CT molecular complexity index is 1050. The van der Waals surface area contributed by atoms with Crippen molar-refractivity contribution in [1.82, 2.24) is 5.32 Å². The predicted molar refractivity (Wildman–Crippen MR) is 261 cm³/mol. The van der Waals surface area contributed by atoms with Crippen molar-refractivity contribution in [1.29, 1.82) is 0 Å². The van der Waals surface area contributed by atoms with Gasteiger partial charge in [0.05, 0.1) is 46.2 Å². The Morgan fingerprint density at radius 3 is 1.30 bits per heavy atom. The Labute approximate surface area is 392 Å². The molecule has 2 atom stereocenters. The van der Waals surface area contributed by atoms with Gasteiger partial charge in [-0.3, -0.25) is 23.4 Å². The normalized spacial score (nSPS) is 12.5. The molecule has 0 rings (SSSR count). The first-order valence-corrected chi connectivity index (χ1v) is 26.7. The van der Waals surface area contributed by atoms with Crippen LogP contribution < -0.4 is 5.32 Å². The van der Waals surface area contributed by atoms with Crippen LogP contribution in [0.5, 0.6) is 0 Å². The molecule has 13 nitrogen and oxygen atoms in total. The number of carbonyl (C=O) groups is 3. The summed E-state index contributed by atoms with van der Waals surface area (Å²) in [5.41, 5.74) is 0. The monoisotopic (exact) mass is 940 g/mol. The van der Waals surface area contributed by atoms with Crippen molar-refractivity contribution in [2.24, 2.45) is 0 Å². The smallest absolute Gasteiger partial charge is 0.462 e. The number of esters is 2. The largest absolute Gasteiger partial charge is 0.472 e. The molecule has 0 aliphatic rings. The molecule has 2 unspecified atom stereocenters. The van der Waals surface area contributed by atoms with Crippen LogP contribution in [0.1, 0.15) is 241 Å². The minimum absolute atomic E-state index is 0. The highest BCUT2D eigenvalue weighted by Crippen LogP contribution is 2.43. The van der Waals surface area contributed by atoms with Gasteiger partial charge in [-0.1, -0.05) is 208 Å². The zero-order chi connectivity index (χ0) is 45.5. The number of hydrogen-bond donors (Lipinski definition) is 3. The maximum absolute atomic E-state index is 12.8. The quantitative estimate of drug-likeness (QED) is 0.0299. The lowest BCUT2D eigenvalue weighted by Gasteiger charge is -2.20. The first kappa shape index (κ1) is 66.7. The van der Waals surface area contributed by atoms with Crippen LogP contribution in [0.25, 0.3) is 0 Å². The van der Waals surface area contributed by atoms with E-state index in [9.17, 15) is 23.8 Å². The van der Waals surface area contributed by atoms with Gasteiger partial charge in [-0.25, -0.2) is 4.57 Å². The summed E-state index contributed by atoms with van der Waals surface area (Å²) in [5, 5.41) is 11.3. The molecule has 0 bridgehead atoms. The molecule has 3 N–H and O–H groups in total. The summed E-state index contributed by atoms with van der Waals surface area (Å²) in [6, 6.07) is 0. The van der Waals surface area contributed by atoms with E-state index < -0.39 is 32.5 Å². The molecule has 1 amide bonds. The predicted octanol–water partition coefficient (Wildman–Crippen LogP) is 12.9. The molecule has 0 heterocycles. The van der Waals surface area contributed by atoms with Crippen molar-refractivity contribution in [2.75, 3.05) is 59.4 Å². The molecular weight excluding hydrogens is 838 g/mol. The third kappa shape index (κ3) is 51.4. The van der Waals surface area contributed by atoms with E-state index in [2.05, 4.69) is 19.2 Å². The lowest BCUT2D eigenvalue weighted by molar-refractivity contribution is -0.161. The van der Waals surface area contributed by atoms with E-state index in [1.165, 1.54) is 141 Å². The second-order valence-corrected chi connectivity index (χ2v) is 18.3. The number of aliphatic hydroxyl groups is 1. The Hall–Kier alpha value is -1.60. The third-order valence-electron chi connectivity index (χ3n) is 10.9. The van der Waals surface area contributed by atoms with Crippen molar-refractivity contribution in [3.05, 3.63) is 0 Å². The van der Waals surface area contributed by atoms with E-state index in [0.29, 0.717) is 19.4 Å². The van der Waals surface area contributed by atoms with Crippen molar-refractivity contribution in [3.63, 3.8) is 0 Å². The molecule has 0 saturated heterocycles. The Balaban J connectivity index is -0.0000186. The zero-order valence-corrected chi connectivity index (χ0v) is 40.6. The molecule has 0 saturated carbocycles. The molecule has 0 aromatic heterocycles. The van der Waals surface area contributed by atoms with E-state index in [-0.39, 0.29) is 86.2 Å². The Morgan fingerprint density at radius 1 is 0.484 bits per heavy atom. The summed E-state index contributed by atoms with van der Waals surface area (Å²) in [7, 11) is -4.58. The number of aliphatic hydroxyl groups excluding tert-OH is 1. The highest BCUT2D eigenvalue weighted by molar-refractivity contribution is 7.47. The van der Waals surface area contributed by atoms with Crippen LogP contribution in [0.3, 0.4) is 0 Å². The average Bonchev–Trinajstić information content (AvgIpc) is 3.25. The van der Waals surface area contributed by atoms with Gasteiger partial charge in [0.1, 0.15) is 6.61 Å². The second kappa shape index (κ2) is 52.4.